The molecule has 0 N–H and O–H groups in total. The molecule has 0 nitrogen and oxygen atoms in total. The monoisotopic (exact) mass is 260 g/mol. The number of hydrogen-bond acceptors (Lipinski definition) is 0. The van der Waals surface area contributed by atoms with E-state index in [2.05, 4.69) is 27.4 Å². The minimum atomic E-state index is 0.852. The molecule has 0 amide bonds. The highest BCUT2D eigenvalue weighted by Crippen LogP contribution is 2.57. The van der Waals surface area contributed by atoms with Crippen molar-refractivity contribution in [3.05, 3.63) is 12.2 Å². The largest absolute Gasteiger partial charge is 0.0996 e. The molecule has 3 rings (SSSR count). The molecule has 3 aliphatic carbocycles. The van der Waals surface area contributed by atoms with Crippen LogP contribution in [-0.2, 0) is 0 Å². The molecule has 0 heterocycles. The number of rotatable bonds is 1. The second-order valence-corrected chi connectivity index (χ2v) is 8.02. The van der Waals surface area contributed by atoms with Crippen molar-refractivity contribution in [2.45, 2.75) is 65.7 Å². The Labute approximate surface area is 120 Å². The molecule has 0 aliphatic heterocycles. The predicted octanol–water partition coefficient (Wildman–Crippen LogP) is 5.69. The van der Waals surface area contributed by atoms with Crippen LogP contribution in [0.4, 0.5) is 0 Å². The highest BCUT2D eigenvalue weighted by Gasteiger charge is 2.48. The standard InChI is InChI=1S/C19H32/c1-5-16-14(4)11-15-10-12(2)6-8-17-13(3)7-9-18(16)19(15)17/h12-13,15-19H,4-11H2,1-3H3. The summed E-state index contributed by atoms with van der Waals surface area (Å²) in [5.41, 5.74) is 1.61. The topological polar surface area (TPSA) is 0 Å². The van der Waals surface area contributed by atoms with E-state index in [0.717, 1.165) is 41.4 Å². The Morgan fingerprint density at radius 3 is 2.53 bits per heavy atom. The molecular weight excluding hydrogens is 228 g/mol. The second-order valence-electron chi connectivity index (χ2n) is 8.02. The van der Waals surface area contributed by atoms with Gasteiger partial charge >= 0.3 is 0 Å². The summed E-state index contributed by atoms with van der Waals surface area (Å²) in [6.07, 6.45) is 10.2. The Bertz CT molecular complexity index is 342. The van der Waals surface area contributed by atoms with E-state index in [-0.39, 0.29) is 0 Å². The lowest BCUT2D eigenvalue weighted by atomic mass is 9.53. The Morgan fingerprint density at radius 2 is 1.79 bits per heavy atom. The molecule has 7 unspecified atom stereocenters. The summed E-state index contributed by atoms with van der Waals surface area (Å²) < 4.78 is 0. The summed E-state index contributed by atoms with van der Waals surface area (Å²) in [5, 5.41) is 0. The van der Waals surface area contributed by atoms with Crippen LogP contribution in [0.3, 0.4) is 0 Å². The lowest BCUT2D eigenvalue weighted by molar-refractivity contribution is 0.00455. The molecule has 0 radical (unpaired) electrons. The van der Waals surface area contributed by atoms with Gasteiger partial charge in [0.1, 0.15) is 0 Å². The van der Waals surface area contributed by atoms with E-state index in [1.54, 1.807) is 5.57 Å². The maximum absolute atomic E-state index is 4.48. The summed E-state index contributed by atoms with van der Waals surface area (Å²) in [5.74, 6) is 6.84. The normalized spacial score (nSPS) is 50.5. The van der Waals surface area contributed by atoms with Crippen LogP contribution in [0.5, 0.6) is 0 Å². The van der Waals surface area contributed by atoms with Crippen molar-refractivity contribution in [1.29, 1.82) is 0 Å². The fourth-order valence-corrected chi connectivity index (χ4v) is 6.07. The molecule has 7 atom stereocenters. The van der Waals surface area contributed by atoms with E-state index in [4.69, 9.17) is 0 Å². The number of hydrogen-bond donors (Lipinski definition) is 0. The third kappa shape index (κ3) is 2.30. The minimum absolute atomic E-state index is 0.852. The van der Waals surface area contributed by atoms with Crippen molar-refractivity contribution in [3.63, 3.8) is 0 Å². The van der Waals surface area contributed by atoms with E-state index >= 15 is 0 Å². The van der Waals surface area contributed by atoms with Crippen LogP contribution >= 0.6 is 0 Å². The minimum Gasteiger partial charge on any atom is -0.0996 e. The summed E-state index contributed by atoms with van der Waals surface area (Å²) in [7, 11) is 0. The smallest absolute Gasteiger partial charge is 0.0177 e. The van der Waals surface area contributed by atoms with Crippen LogP contribution in [0.1, 0.15) is 65.7 Å². The van der Waals surface area contributed by atoms with Crippen molar-refractivity contribution in [2.24, 2.45) is 41.4 Å². The second kappa shape index (κ2) is 5.26. The van der Waals surface area contributed by atoms with Gasteiger partial charge in [-0.05, 0) is 73.5 Å². The molecule has 0 heteroatoms. The van der Waals surface area contributed by atoms with Crippen LogP contribution in [0, 0.1) is 41.4 Å². The van der Waals surface area contributed by atoms with Crippen LogP contribution in [0.15, 0.2) is 12.2 Å². The molecule has 108 valence electrons. The van der Waals surface area contributed by atoms with Crippen molar-refractivity contribution >= 4 is 0 Å². The molecule has 0 saturated heterocycles. The summed E-state index contributed by atoms with van der Waals surface area (Å²) in [4.78, 5) is 0. The Hall–Kier alpha value is -0.260. The average Bonchev–Trinajstić information content (AvgIpc) is 2.53. The van der Waals surface area contributed by atoms with Gasteiger partial charge in [0.15, 0.2) is 0 Å². The fraction of sp³-hybridized carbons (Fsp3) is 0.895. The zero-order valence-electron chi connectivity index (χ0n) is 13.2. The molecule has 3 saturated carbocycles. The van der Waals surface area contributed by atoms with E-state index in [9.17, 15) is 0 Å². The molecule has 0 bridgehead atoms. The zero-order chi connectivity index (χ0) is 13.6. The van der Waals surface area contributed by atoms with Crippen LogP contribution in [0.25, 0.3) is 0 Å². The first-order valence-electron chi connectivity index (χ1n) is 8.79. The first kappa shape index (κ1) is 13.7. The van der Waals surface area contributed by atoms with E-state index in [0.29, 0.717) is 0 Å². The maximum Gasteiger partial charge on any atom is -0.0177 e. The molecule has 3 aliphatic rings. The van der Waals surface area contributed by atoms with Gasteiger partial charge in [0.25, 0.3) is 0 Å². The van der Waals surface area contributed by atoms with Gasteiger partial charge in [-0.25, -0.2) is 0 Å². The van der Waals surface area contributed by atoms with Crippen LogP contribution in [-0.4, -0.2) is 0 Å². The zero-order valence-corrected chi connectivity index (χ0v) is 13.2. The van der Waals surface area contributed by atoms with E-state index in [1.807, 2.05) is 0 Å². The van der Waals surface area contributed by atoms with Gasteiger partial charge < -0.3 is 0 Å². The highest BCUT2D eigenvalue weighted by molar-refractivity contribution is 5.13. The van der Waals surface area contributed by atoms with Gasteiger partial charge in [-0.15, -0.1) is 0 Å². The molecule has 19 heavy (non-hydrogen) atoms. The van der Waals surface area contributed by atoms with Crippen molar-refractivity contribution in [3.8, 4) is 0 Å². The Kier molecular flexibility index (Phi) is 3.80. The van der Waals surface area contributed by atoms with Gasteiger partial charge in [0.2, 0.25) is 0 Å². The Morgan fingerprint density at radius 1 is 1.05 bits per heavy atom. The average molecular weight is 260 g/mol. The maximum atomic E-state index is 4.48. The highest BCUT2D eigenvalue weighted by atomic mass is 14.5. The summed E-state index contributed by atoms with van der Waals surface area (Å²) in [6, 6.07) is 0. The first-order valence-corrected chi connectivity index (χ1v) is 8.79. The van der Waals surface area contributed by atoms with E-state index in [1.165, 1.54) is 44.9 Å². The lowest BCUT2D eigenvalue weighted by Gasteiger charge is -2.52. The molecule has 0 aromatic rings. The molecule has 0 aromatic carbocycles. The third-order valence-electron chi connectivity index (χ3n) is 6.92. The van der Waals surface area contributed by atoms with E-state index < -0.39 is 0 Å². The molecule has 0 spiro atoms. The first-order chi connectivity index (χ1) is 9.11. The van der Waals surface area contributed by atoms with Crippen LogP contribution in [0.2, 0.25) is 0 Å². The van der Waals surface area contributed by atoms with Gasteiger partial charge in [-0.3, -0.25) is 0 Å². The van der Waals surface area contributed by atoms with Crippen LogP contribution < -0.4 is 0 Å². The molecule has 3 fully saturated rings. The van der Waals surface area contributed by atoms with Gasteiger partial charge in [0, 0.05) is 0 Å². The SMILES string of the molecule is C=C1CC2CC(C)CCC3C(C)CCC(C1CC)C23. The summed E-state index contributed by atoms with van der Waals surface area (Å²) in [6.45, 7) is 11.9. The van der Waals surface area contributed by atoms with Crippen molar-refractivity contribution in [1.82, 2.24) is 0 Å². The fourth-order valence-electron chi connectivity index (χ4n) is 6.07. The quantitative estimate of drug-likeness (QED) is 0.531. The van der Waals surface area contributed by atoms with Gasteiger partial charge in [-0.1, -0.05) is 45.8 Å². The number of allylic oxidation sites excluding steroid dienone is 1. The van der Waals surface area contributed by atoms with Crippen molar-refractivity contribution in [2.75, 3.05) is 0 Å². The third-order valence-corrected chi connectivity index (χ3v) is 6.92. The molecular formula is C19H32. The van der Waals surface area contributed by atoms with Crippen molar-refractivity contribution < 1.29 is 0 Å². The molecule has 0 aromatic heterocycles. The van der Waals surface area contributed by atoms with Gasteiger partial charge in [-0.2, -0.15) is 0 Å². The predicted molar refractivity (Wildman–Crippen MR) is 82.9 cm³/mol. The summed E-state index contributed by atoms with van der Waals surface area (Å²) >= 11 is 0. The lowest BCUT2D eigenvalue weighted by Crippen LogP contribution is -2.44. The Balaban J connectivity index is 1.92. The van der Waals surface area contributed by atoms with Gasteiger partial charge in [0.05, 0.1) is 0 Å².